The van der Waals surface area contributed by atoms with E-state index in [0.717, 1.165) is 50.5 Å². The van der Waals surface area contributed by atoms with Crippen molar-refractivity contribution in [1.29, 1.82) is 0 Å². The highest BCUT2D eigenvalue weighted by Crippen LogP contribution is 2.32. The molecule has 0 aromatic rings. The van der Waals surface area contributed by atoms with E-state index in [-0.39, 0.29) is 48.3 Å². The van der Waals surface area contributed by atoms with Gasteiger partial charge in [0.05, 0.1) is 18.1 Å². The molecule has 0 radical (unpaired) electrons. The maximum absolute atomic E-state index is 12.6. The summed E-state index contributed by atoms with van der Waals surface area (Å²) in [7, 11) is 0. The molecule has 0 saturated carbocycles. The maximum atomic E-state index is 12.6. The number of esters is 1. The molecule has 2 heterocycles. The number of hydrogen-bond acceptors (Lipinski definition) is 5. The monoisotopic (exact) mass is 422 g/mol. The molecule has 2 saturated heterocycles. The quantitative estimate of drug-likeness (QED) is 0.501. The molecular formula is C25H42O5. The summed E-state index contributed by atoms with van der Waals surface area (Å²) >= 11 is 0. The standard InChI is InChI=1S/C25H42O5/c1-6-9-20-13-16(2)12-19(5)24(27)22(26)15-21-14-18(4)23(29-21)11-8-7-10-17(3)25(28)30-20/h17-21,23-24,27H,2,6-15H2,1,3-5H3/t17-,18+,19-,20?,21-,23?,24+/m1/s1. The van der Waals surface area contributed by atoms with Crippen LogP contribution in [0.15, 0.2) is 12.2 Å². The van der Waals surface area contributed by atoms with Crippen molar-refractivity contribution in [3.8, 4) is 0 Å². The molecule has 2 aliphatic heterocycles. The van der Waals surface area contributed by atoms with Crippen LogP contribution in [0.25, 0.3) is 0 Å². The Morgan fingerprint density at radius 2 is 1.73 bits per heavy atom. The number of Topliss-reactive ketones (excluding diaryl/α,β-unsaturated/α-hetero) is 1. The van der Waals surface area contributed by atoms with Crippen LogP contribution in [0.5, 0.6) is 0 Å². The fraction of sp³-hybridized carbons (Fsp3) is 0.840. The number of carbonyl (C=O) groups is 2. The third-order valence-electron chi connectivity index (χ3n) is 6.73. The van der Waals surface area contributed by atoms with Crippen LogP contribution in [0.3, 0.4) is 0 Å². The molecule has 5 heteroatoms. The Labute approximate surface area is 182 Å². The molecule has 2 aliphatic rings. The van der Waals surface area contributed by atoms with E-state index in [2.05, 4.69) is 20.4 Å². The Balaban J connectivity index is 2.09. The minimum atomic E-state index is -1.01. The third kappa shape index (κ3) is 7.49. The molecule has 0 aromatic carbocycles. The molecule has 0 spiro atoms. The maximum Gasteiger partial charge on any atom is 0.308 e. The van der Waals surface area contributed by atoms with Gasteiger partial charge < -0.3 is 14.6 Å². The van der Waals surface area contributed by atoms with Gasteiger partial charge in [-0.1, -0.05) is 59.1 Å². The number of ether oxygens (including phenoxy) is 2. The van der Waals surface area contributed by atoms with Crippen LogP contribution < -0.4 is 0 Å². The van der Waals surface area contributed by atoms with Gasteiger partial charge in [-0.05, 0) is 43.9 Å². The summed E-state index contributed by atoms with van der Waals surface area (Å²) in [5.74, 6) is -0.174. The Hall–Kier alpha value is -1.20. The zero-order chi connectivity index (χ0) is 22.3. The third-order valence-corrected chi connectivity index (χ3v) is 6.73. The van der Waals surface area contributed by atoms with Gasteiger partial charge in [0.2, 0.25) is 0 Å². The second-order valence-electron chi connectivity index (χ2n) is 9.79. The first-order valence-electron chi connectivity index (χ1n) is 11.9. The minimum absolute atomic E-state index is 0.0933. The van der Waals surface area contributed by atoms with Crippen LogP contribution in [-0.2, 0) is 19.1 Å². The van der Waals surface area contributed by atoms with E-state index in [4.69, 9.17) is 9.47 Å². The zero-order valence-electron chi connectivity index (χ0n) is 19.4. The lowest BCUT2D eigenvalue weighted by atomic mass is 9.89. The van der Waals surface area contributed by atoms with Crippen molar-refractivity contribution in [2.45, 2.75) is 116 Å². The van der Waals surface area contributed by atoms with Gasteiger partial charge in [-0.15, -0.1) is 0 Å². The number of carbonyl (C=O) groups excluding carboxylic acids is 2. The van der Waals surface area contributed by atoms with Crippen molar-refractivity contribution in [3.63, 3.8) is 0 Å². The predicted octanol–water partition coefficient (Wildman–Crippen LogP) is 4.99. The lowest BCUT2D eigenvalue weighted by Crippen LogP contribution is -2.31. The topological polar surface area (TPSA) is 72.8 Å². The number of fused-ring (bicyclic) bond motifs is 2. The molecule has 0 aliphatic carbocycles. The Morgan fingerprint density at radius 1 is 1.03 bits per heavy atom. The molecule has 2 rings (SSSR count). The highest BCUT2D eigenvalue weighted by molar-refractivity contribution is 5.83. The summed E-state index contributed by atoms with van der Waals surface area (Å²) in [5, 5.41) is 10.6. The smallest absolute Gasteiger partial charge is 0.308 e. The summed E-state index contributed by atoms with van der Waals surface area (Å²) < 4.78 is 12.0. The number of aliphatic hydroxyl groups excluding tert-OH is 1. The minimum Gasteiger partial charge on any atom is -0.462 e. The van der Waals surface area contributed by atoms with E-state index in [9.17, 15) is 14.7 Å². The van der Waals surface area contributed by atoms with E-state index >= 15 is 0 Å². The Kier molecular flexibility index (Phi) is 10.0. The van der Waals surface area contributed by atoms with Gasteiger partial charge in [0.1, 0.15) is 12.2 Å². The van der Waals surface area contributed by atoms with Gasteiger partial charge in [0.25, 0.3) is 0 Å². The highest BCUT2D eigenvalue weighted by Gasteiger charge is 2.35. The molecule has 7 atom stereocenters. The molecule has 0 amide bonds. The van der Waals surface area contributed by atoms with Crippen LogP contribution >= 0.6 is 0 Å². The van der Waals surface area contributed by atoms with Crippen molar-refractivity contribution in [3.05, 3.63) is 12.2 Å². The van der Waals surface area contributed by atoms with Crippen LogP contribution in [0.2, 0.25) is 0 Å². The summed E-state index contributed by atoms with van der Waals surface area (Å²) in [6, 6.07) is 0. The number of rotatable bonds is 2. The first-order chi connectivity index (χ1) is 14.2. The fourth-order valence-electron chi connectivity index (χ4n) is 4.84. The number of cyclic esters (lactones) is 1. The fourth-order valence-corrected chi connectivity index (χ4v) is 4.84. The van der Waals surface area contributed by atoms with E-state index < -0.39 is 6.10 Å². The highest BCUT2D eigenvalue weighted by atomic mass is 16.5. The van der Waals surface area contributed by atoms with E-state index in [1.165, 1.54) is 0 Å². The predicted molar refractivity (Wildman–Crippen MR) is 118 cm³/mol. The molecule has 1 N–H and O–H groups in total. The van der Waals surface area contributed by atoms with Crippen LogP contribution in [-0.4, -0.2) is 41.3 Å². The SMILES string of the molecule is C=C1CC(CCC)OC(=O)[C@H](C)CCCCC2O[C@@H](CC(=O)[C@@H](O)[C@H](C)C1)C[C@@H]2C. The second kappa shape index (κ2) is 12.0. The van der Waals surface area contributed by atoms with Crippen LogP contribution in [0, 0.1) is 17.8 Å². The molecular weight excluding hydrogens is 380 g/mol. The first-order valence-corrected chi connectivity index (χ1v) is 11.9. The summed E-state index contributed by atoms with van der Waals surface area (Å²) in [4.78, 5) is 25.2. The van der Waals surface area contributed by atoms with Gasteiger partial charge in [-0.25, -0.2) is 0 Å². The first kappa shape index (κ1) is 25.1. The molecule has 5 nitrogen and oxygen atoms in total. The van der Waals surface area contributed by atoms with Crippen molar-refractivity contribution >= 4 is 11.8 Å². The lowest BCUT2D eigenvalue weighted by Gasteiger charge is -2.24. The molecule has 2 bridgehead atoms. The zero-order valence-corrected chi connectivity index (χ0v) is 19.4. The average molecular weight is 423 g/mol. The Morgan fingerprint density at radius 3 is 2.43 bits per heavy atom. The van der Waals surface area contributed by atoms with Crippen LogP contribution in [0.1, 0.15) is 91.9 Å². The molecule has 0 aromatic heterocycles. The van der Waals surface area contributed by atoms with Crippen molar-refractivity contribution in [2.24, 2.45) is 17.8 Å². The van der Waals surface area contributed by atoms with Crippen molar-refractivity contribution in [1.82, 2.24) is 0 Å². The average Bonchev–Trinajstić information content (AvgIpc) is 3.02. The summed E-state index contributed by atoms with van der Waals surface area (Å²) in [5.41, 5.74) is 0.917. The van der Waals surface area contributed by atoms with Gasteiger partial charge in [0.15, 0.2) is 5.78 Å². The molecule has 2 fully saturated rings. The van der Waals surface area contributed by atoms with Gasteiger partial charge >= 0.3 is 5.97 Å². The van der Waals surface area contributed by atoms with E-state index in [0.29, 0.717) is 18.8 Å². The summed E-state index contributed by atoms with van der Waals surface area (Å²) in [6.07, 6.45) is 6.63. The largest absolute Gasteiger partial charge is 0.462 e. The lowest BCUT2D eigenvalue weighted by molar-refractivity contribution is -0.154. The molecule has 2 unspecified atom stereocenters. The molecule has 30 heavy (non-hydrogen) atoms. The van der Waals surface area contributed by atoms with Crippen molar-refractivity contribution < 1.29 is 24.2 Å². The number of ketones is 1. The van der Waals surface area contributed by atoms with Crippen LogP contribution in [0.4, 0.5) is 0 Å². The number of hydrogen-bond donors (Lipinski definition) is 1. The second-order valence-corrected chi connectivity index (χ2v) is 9.79. The van der Waals surface area contributed by atoms with Gasteiger partial charge in [0, 0.05) is 12.8 Å². The Bertz CT molecular complexity index is 586. The normalized spacial score (nSPS) is 38.0. The van der Waals surface area contributed by atoms with Gasteiger partial charge in [-0.3, -0.25) is 9.59 Å². The van der Waals surface area contributed by atoms with Crippen molar-refractivity contribution in [2.75, 3.05) is 0 Å². The van der Waals surface area contributed by atoms with Gasteiger partial charge in [-0.2, -0.15) is 0 Å². The summed E-state index contributed by atoms with van der Waals surface area (Å²) in [6.45, 7) is 12.2. The molecule has 172 valence electrons. The van der Waals surface area contributed by atoms with E-state index in [1.807, 2.05) is 13.8 Å². The van der Waals surface area contributed by atoms with E-state index in [1.54, 1.807) is 0 Å². The number of aliphatic hydroxyl groups is 1.